The van der Waals surface area contributed by atoms with Crippen LogP contribution in [0.2, 0.25) is 0 Å². The molecule has 0 radical (unpaired) electrons. The van der Waals surface area contributed by atoms with Gasteiger partial charge in [-0.1, -0.05) is 22.9 Å². The number of benzene rings is 1. The van der Waals surface area contributed by atoms with Crippen LogP contribution in [0.3, 0.4) is 0 Å². The summed E-state index contributed by atoms with van der Waals surface area (Å²) in [6.45, 7) is 5.91. The van der Waals surface area contributed by atoms with Crippen molar-refractivity contribution in [3.8, 4) is 5.75 Å². The molecule has 2 aromatic rings. The lowest BCUT2D eigenvalue weighted by atomic mass is 10.1. The molecule has 1 aromatic heterocycles. The van der Waals surface area contributed by atoms with E-state index in [4.69, 9.17) is 9.15 Å². The van der Waals surface area contributed by atoms with Gasteiger partial charge in [-0.15, -0.1) is 0 Å². The van der Waals surface area contributed by atoms with Crippen LogP contribution in [0.5, 0.6) is 5.75 Å². The number of alkyl halides is 1. The zero-order chi connectivity index (χ0) is 14.0. The first-order chi connectivity index (χ1) is 9.06. The molecule has 0 N–H and O–H groups in total. The lowest BCUT2D eigenvalue weighted by Gasteiger charge is -2.14. The fraction of sp³-hybridized carbons (Fsp3) is 0.400. The summed E-state index contributed by atoms with van der Waals surface area (Å²) in [6, 6.07) is 5.16. The van der Waals surface area contributed by atoms with Crippen LogP contribution in [0.4, 0.5) is 0 Å². The molecule has 2 rings (SSSR count). The maximum Gasteiger partial charge on any atom is 0.192 e. The van der Waals surface area contributed by atoms with Crippen LogP contribution in [0.15, 0.2) is 27.4 Å². The minimum atomic E-state index is -0.00334. The minimum Gasteiger partial charge on any atom is -0.491 e. The molecular weight excluding hydrogens is 308 g/mol. The topological polar surface area (TPSA) is 39.4 Å². The van der Waals surface area contributed by atoms with Crippen LogP contribution in [0.25, 0.3) is 11.0 Å². The van der Waals surface area contributed by atoms with E-state index in [-0.39, 0.29) is 11.5 Å². The van der Waals surface area contributed by atoms with E-state index < -0.39 is 0 Å². The largest absolute Gasteiger partial charge is 0.491 e. The smallest absolute Gasteiger partial charge is 0.192 e. The maximum atomic E-state index is 12.0. The molecule has 0 aliphatic carbocycles. The van der Waals surface area contributed by atoms with Gasteiger partial charge in [-0.05, 0) is 26.0 Å². The average Bonchev–Trinajstić information content (AvgIpc) is 2.37. The SMILES string of the molecule is CCc1cc(=O)c2ccc(OC(C)C)c(CBr)c2o1. The monoisotopic (exact) mass is 324 g/mol. The van der Waals surface area contributed by atoms with Gasteiger partial charge in [0, 0.05) is 23.4 Å². The summed E-state index contributed by atoms with van der Waals surface area (Å²) in [7, 11) is 0. The first kappa shape index (κ1) is 14.1. The fourth-order valence-electron chi connectivity index (χ4n) is 1.97. The quantitative estimate of drug-likeness (QED) is 0.797. The molecule has 0 fully saturated rings. The van der Waals surface area contributed by atoms with Crippen LogP contribution < -0.4 is 10.2 Å². The molecule has 0 spiro atoms. The Hall–Kier alpha value is -1.29. The Labute approximate surface area is 120 Å². The van der Waals surface area contributed by atoms with Gasteiger partial charge in [0.25, 0.3) is 0 Å². The highest BCUT2D eigenvalue weighted by atomic mass is 79.9. The molecule has 1 heterocycles. The summed E-state index contributed by atoms with van der Waals surface area (Å²) in [5.74, 6) is 1.46. The standard InChI is InChI=1S/C15H17BrO3/c1-4-10-7-13(17)11-5-6-14(18-9(2)3)12(8-16)15(11)19-10/h5-7,9H,4,8H2,1-3H3. The van der Waals surface area contributed by atoms with E-state index in [2.05, 4.69) is 15.9 Å². The zero-order valence-electron chi connectivity index (χ0n) is 11.3. The normalized spacial score (nSPS) is 11.2. The van der Waals surface area contributed by atoms with E-state index in [1.54, 1.807) is 12.1 Å². The number of ether oxygens (including phenoxy) is 1. The highest BCUT2D eigenvalue weighted by molar-refractivity contribution is 9.08. The second-order valence-electron chi connectivity index (χ2n) is 4.65. The molecule has 0 saturated heterocycles. The van der Waals surface area contributed by atoms with Crippen molar-refractivity contribution < 1.29 is 9.15 Å². The molecule has 1 aromatic carbocycles. The Morgan fingerprint density at radius 3 is 2.68 bits per heavy atom. The summed E-state index contributed by atoms with van der Waals surface area (Å²) < 4.78 is 11.6. The molecule has 19 heavy (non-hydrogen) atoms. The molecule has 0 bridgehead atoms. The Bertz CT molecular complexity index is 644. The zero-order valence-corrected chi connectivity index (χ0v) is 12.9. The van der Waals surface area contributed by atoms with Crippen molar-refractivity contribution in [3.05, 3.63) is 39.7 Å². The molecule has 102 valence electrons. The molecule has 0 unspecified atom stereocenters. The van der Waals surface area contributed by atoms with E-state index in [9.17, 15) is 4.79 Å². The first-order valence-electron chi connectivity index (χ1n) is 6.38. The Balaban J connectivity index is 2.73. The highest BCUT2D eigenvalue weighted by Crippen LogP contribution is 2.30. The van der Waals surface area contributed by atoms with Gasteiger partial charge in [0.15, 0.2) is 5.43 Å². The third kappa shape index (κ3) is 2.84. The van der Waals surface area contributed by atoms with Gasteiger partial charge in [-0.25, -0.2) is 0 Å². The third-order valence-corrected chi connectivity index (χ3v) is 3.41. The number of fused-ring (bicyclic) bond motifs is 1. The van der Waals surface area contributed by atoms with Gasteiger partial charge in [-0.3, -0.25) is 4.79 Å². The minimum absolute atomic E-state index is 0.00334. The first-order valence-corrected chi connectivity index (χ1v) is 7.50. The van der Waals surface area contributed by atoms with E-state index in [1.807, 2.05) is 26.8 Å². The Morgan fingerprint density at radius 1 is 1.37 bits per heavy atom. The van der Waals surface area contributed by atoms with Crippen molar-refractivity contribution in [3.63, 3.8) is 0 Å². The molecule has 0 amide bonds. The van der Waals surface area contributed by atoms with Gasteiger partial charge in [0.2, 0.25) is 0 Å². The molecule has 0 aliphatic rings. The lowest BCUT2D eigenvalue weighted by molar-refractivity contribution is 0.240. The van der Waals surface area contributed by atoms with Gasteiger partial charge >= 0.3 is 0 Å². The van der Waals surface area contributed by atoms with E-state index in [0.29, 0.717) is 28.5 Å². The predicted octanol–water partition coefficient (Wildman–Crippen LogP) is 4.04. The van der Waals surface area contributed by atoms with Gasteiger partial charge in [0.05, 0.1) is 11.5 Å². The van der Waals surface area contributed by atoms with E-state index in [1.165, 1.54) is 0 Å². The van der Waals surface area contributed by atoms with Crippen molar-refractivity contribution in [1.82, 2.24) is 0 Å². The van der Waals surface area contributed by atoms with Gasteiger partial charge in [0.1, 0.15) is 17.1 Å². The van der Waals surface area contributed by atoms with Gasteiger partial charge < -0.3 is 9.15 Å². The number of halogens is 1. The van der Waals surface area contributed by atoms with Crippen molar-refractivity contribution in [1.29, 1.82) is 0 Å². The lowest BCUT2D eigenvalue weighted by Crippen LogP contribution is -2.09. The second-order valence-corrected chi connectivity index (χ2v) is 5.21. The van der Waals surface area contributed by atoms with Crippen molar-refractivity contribution in [2.75, 3.05) is 0 Å². The Morgan fingerprint density at radius 2 is 2.11 bits per heavy atom. The number of rotatable bonds is 4. The second kappa shape index (κ2) is 5.78. The van der Waals surface area contributed by atoms with Crippen LogP contribution in [0, 0.1) is 0 Å². The summed E-state index contributed by atoms with van der Waals surface area (Å²) >= 11 is 3.45. The van der Waals surface area contributed by atoms with Crippen LogP contribution in [0.1, 0.15) is 32.1 Å². The molecule has 4 heteroatoms. The maximum absolute atomic E-state index is 12.0. The number of aryl methyl sites for hydroxylation is 1. The molecule has 0 saturated carbocycles. The molecule has 3 nitrogen and oxygen atoms in total. The average molecular weight is 325 g/mol. The summed E-state index contributed by atoms with van der Waals surface area (Å²) in [5, 5.41) is 1.19. The van der Waals surface area contributed by atoms with Gasteiger partial charge in [-0.2, -0.15) is 0 Å². The van der Waals surface area contributed by atoms with Crippen LogP contribution in [-0.2, 0) is 11.8 Å². The van der Waals surface area contributed by atoms with Crippen LogP contribution >= 0.6 is 15.9 Å². The van der Waals surface area contributed by atoms with Crippen molar-refractivity contribution >= 4 is 26.9 Å². The van der Waals surface area contributed by atoms with E-state index in [0.717, 1.165) is 11.3 Å². The molecular formula is C15H17BrO3. The van der Waals surface area contributed by atoms with Crippen molar-refractivity contribution in [2.45, 2.75) is 38.6 Å². The molecule has 0 atom stereocenters. The van der Waals surface area contributed by atoms with Crippen LogP contribution in [-0.4, -0.2) is 6.10 Å². The predicted molar refractivity (Wildman–Crippen MR) is 80.3 cm³/mol. The van der Waals surface area contributed by atoms with Crippen molar-refractivity contribution in [2.24, 2.45) is 0 Å². The number of hydrogen-bond acceptors (Lipinski definition) is 3. The Kier molecular flexibility index (Phi) is 4.30. The highest BCUT2D eigenvalue weighted by Gasteiger charge is 2.14. The third-order valence-electron chi connectivity index (χ3n) is 2.85. The molecule has 0 aliphatic heterocycles. The number of hydrogen-bond donors (Lipinski definition) is 0. The van der Waals surface area contributed by atoms with E-state index >= 15 is 0 Å². The summed E-state index contributed by atoms with van der Waals surface area (Å²) in [6.07, 6.45) is 0.777. The fourth-order valence-corrected chi connectivity index (χ4v) is 2.50. The summed E-state index contributed by atoms with van der Waals surface area (Å²) in [5.41, 5.74) is 1.51. The summed E-state index contributed by atoms with van der Waals surface area (Å²) in [4.78, 5) is 12.0.